The Morgan fingerprint density at radius 1 is 1.12 bits per heavy atom. The predicted molar refractivity (Wildman–Crippen MR) is 98.9 cm³/mol. The fourth-order valence-corrected chi connectivity index (χ4v) is 3.07. The second-order valence-corrected chi connectivity index (χ2v) is 6.38. The van der Waals surface area contributed by atoms with Crippen LogP contribution in [0.15, 0.2) is 30.7 Å². The Morgan fingerprint density at radius 3 is 2.52 bits per heavy atom. The maximum atomic E-state index is 4.53. The number of rotatable bonds is 6. The first-order valence-corrected chi connectivity index (χ1v) is 8.33. The summed E-state index contributed by atoms with van der Waals surface area (Å²) in [7, 11) is 6.06. The van der Waals surface area contributed by atoms with Crippen molar-refractivity contribution in [3.63, 3.8) is 0 Å². The lowest BCUT2D eigenvalue weighted by molar-refractivity contribution is 0.686. The molecular formula is C18H25N7. The largest absolute Gasteiger partial charge is 0.363 e. The standard InChI is InChI=1S/C18H25N7/c1-13-16(18(23(3)4)24(5)22-13)12-19-10-15-6-7-17(21-11-15)25-9-8-20-14(25)2/h6-9,11,19H,10,12H2,1-5H3. The van der Waals surface area contributed by atoms with Crippen molar-refractivity contribution in [2.75, 3.05) is 19.0 Å². The van der Waals surface area contributed by atoms with Gasteiger partial charge in [0.15, 0.2) is 0 Å². The van der Waals surface area contributed by atoms with Crippen LogP contribution in [-0.4, -0.2) is 38.4 Å². The summed E-state index contributed by atoms with van der Waals surface area (Å²) in [5, 5.41) is 8.01. The van der Waals surface area contributed by atoms with Crippen molar-refractivity contribution >= 4 is 5.82 Å². The van der Waals surface area contributed by atoms with E-state index in [1.807, 2.05) is 62.7 Å². The Balaban J connectivity index is 1.64. The normalized spacial score (nSPS) is 11.1. The quantitative estimate of drug-likeness (QED) is 0.744. The van der Waals surface area contributed by atoms with Gasteiger partial charge in [0.1, 0.15) is 17.5 Å². The van der Waals surface area contributed by atoms with Crippen LogP contribution >= 0.6 is 0 Å². The van der Waals surface area contributed by atoms with Crippen LogP contribution in [0.5, 0.6) is 0 Å². The summed E-state index contributed by atoms with van der Waals surface area (Å²) < 4.78 is 3.90. The van der Waals surface area contributed by atoms with Gasteiger partial charge in [-0.2, -0.15) is 5.10 Å². The van der Waals surface area contributed by atoms with E-state index in [0.717, 1.165) is 41.8 Å². The number of aromatic nitrogens is 5. The van der Waals surface area contributed by atoms with E-state index in [1.165, 1.54) is 5.56 Å². The van der Waals surface area contributed by atoms with Crippen molar-refractivity contribution in [3.05, 3.63) is 53.4 Å². The van der Waals surface area contributed by atoms with Crippen LogP contribution in [0.1, 0.15) is 22.6 Å². The van der Waals surface area contributed by atoms with Gasteiger partial charge in [-0.3, -0.25) is 9.25 Å². The highest BCUT2D eigenvalue weighted by Crippen LogP contribution is 2.21. The van der Waals surface area contributed by atoms with Gasteiger partial charge in [0, 0.05) is 58.4 Å². The Morgan fingerprint density at radius 2 is 1.92 bits per heavy atom. The van der Waals surface area contributed by atoms with Crippen LogP contribution in [-0.2, 0) is 20.1 Å². The van der Waals surface area contributed by atoms with Crippen molar-refractivity contribution in [1.82, 2.24) is 29.6 Å². The van der Waals surface area contributed by atoms with Gasteiger partial charge >= 0.3 is 0 Å². The fraction of sp³-hybridized carbons (Fsp3) is 0.389. The molecule has 0 aliphatic heterocycles. The predicted octanol–water partition coefficient (Wildman–Crippen LogP) is 1.97. The molecule has 7 heteroatoms. The average Bonchev–Trinajstić information content (AvgIpc) is 3.11. The van der Waals surface area contributed by atoms with Gasteiger partial charge in [-0.25, -0.2) is 9.97 Å². The molecule has 3 rings (SSSR count). The molecule has 7 nitrogen and oxygen atoms in total. The van der Waals surface area contributed by atoms with Crippen molar-refractivity contribution in [1.29, 1.82) is 0 Å². The Kier molecular flexibility index (Phi) is 4.85. The summed E-state index contributed by atoms with van der Waals surface area (Å²) in [5.74, 6) is 2.95. The van der Waals surface area contributed by atoms with Crippen LogP contribution in [0.25, 0.3) is 5.82 Å². The third kappa shape index (κ3) is 3.56. The third-order valence-corrected chi connectivity index (χ3v) is 4.25. The number of pyridine rings is 1. The van der Waals surface area contributed by atoms with E-state index >= 15 is 0 Å². The van der Waals surface area contributed by atoms with Crippen LogP contribution in [0.3, 0.4) is 0 Å². The van der Waals surface area contributed by atoms with Gasteiger partial charge < -0.3 is 10.2 Å². The first kappa shape index (κ1) is 17.2. The SMILES string of the molecule is Cc1nn(C)c(N(C)C)c1CNCc1ccc(-n2ccnc2C)nc1. The smallest absolute Gasteiger partial charge is 0.137 e. The number of hydrogen-bond acceptors (Lipinski definition) is 5. The Labute approximate surface area is 148 Å². The molecule has 0 aromatic carbocycles. The zero-order chi connectivity index (χ0) is 18.0. The summed E-state index contributed by atoms with van der Waals surface area (Å²) in [6.45, 7) is 5.55. The molecule has 0 spiro atoms. The van der Waals surface area contributed by atoms with Gasteiger partial charge in [0.05, 0.1) is 5.69 Å². The van der Waals surface area contributed by atoms with Crippen LogP contribution < -0.4 is 10.2 Å². The topological polar surface area (TPSA) is 63.8 Å². The first-order valence-electron chi connectivity index (χ1n) is 8.33. The lowest BCUT2D eigenvalue weighted by Crippen LogP contribution is -2.19. The van der Waals surface area contributed by atoms with E-state index in [0.29, 0.717) is 0 Å². The fourth-order valence-electron chi connectivity index (χ4n) is 3.07. The van der Waals surface area contributed by atoms with Crippen molar-refractivity contribution in [2.24, 2.45) is 7.05 Å². The van der Waals surface area contributed by atoms with E-state index in [4.69, 9.17) is 0 Å². The highest BCUT2D eigenvalue weighted by Gasteiger charge is 2.14. The molecule has 0 fully saturated rings. The Hall–Kier alpha value is -2.67. The average molecular weight is 339 g/mol. The minimum Gasteiger partial charge on any atom is -0.363 e. The van der Waals surface area contributed by atoms with Gasteiger partial charge in [0.2, 0.25) is 0 Å². The van der Waals surface area contributed by atoms with Gasteiger partial charge in [-0.1, -0.05) is 6.07 Å². The first-order chi connectivity index (χ1) is 12.0. The molecule has 3 aromatic heterocycles. The van der Waals surface area contributed by atoms with Crippen LogP contribution in [0, 0.1) is 13.8 Å². The molecule has 25 heavy (non-hydrogen) atoms. The zero-order valence-corrected chi connectivity index (χ0v) is 15.5. The number of nitrogens with one attached hydrogen (secondary N) is 1. The molecule has 0 aliphatic rings. The van der Waals surface area contributed by atoms with Crippen molar-refractivity contribution < 1.29 is 0 Å². The maximum Gasteiger partial charge on any atom is 0.137 e. The van der Waals surface area contributed by atoms with Gasteiger partial charge in [0.25, 0.3) is 0 Å². The van der Waals surface area contributed by atoms with Crippen LogP contribution in [0.4, 0.5) is 5.82 Å². The molecule has 0 aliphatic carbocycles. The molecule has 132 valence electrons. The second kappa shape index (κ2) is 7.06. The van der Waals surface area contributed by atoms with Gasteiger partial charge in [-0.15, -0.1) is 0 Å². The van der Waals surface area contributed by atoms with E-state index in [-0.39, 0.29) is 0 Å². The molecule has 0 radical (unpaired) electrons. The van der Waals surface area contributed by atoms with E-state index in [2.05, 4.69) is 31.3 Å². The van der Waals surface area contributed by atoms with Crippen molar-refractivity contribution in [3.8, 4) is 5.82 Å². The number of hydrogen-bond donors (Lipinski definition) is 1. The monoisotopic (exact) mass is 339 g/mol. The second-order valence-electron chi connectivity index (χ2n) is 6.38. The third-order valence-electron chi connectivity index (χ3n) is 4.25. The molecular weight excluding hydrogens is 314 g/mol. The summed E-state index contributed by atoms with van der Waals surface area (Å²) in [5.41, 5.74) is 3.43. The summed E-state index contributed by atoms with van der Waals surface area (Å²) in [6, 6.07) is 4.12. The highest BCUT2D eigenvalue weighted by atomic mass is 15.4. The Bertz CT molecular complexity index is 843. The van der Waals surface area contributed by atoms with E-state index in [9.17, 15) is 0 Å². The maximum absolute atomic E-state index is 4.53. The van der Waals surface area contributed by atoms with Crippen molar-refractivity contribution in [2.45, 2.75) is 26.9 Å². The van der Waals surface area contributed by atoms with E-state index < -0.39 is 0 Å². The number of anilines is 1. The number of aryl methyl sites for hydroxylation is 3. The van der Waals surface area contributed by atoms with Gasteiger partial charge in [-0.05, 0) is 25.5 Å². The number of imidazole rings is 1. The molecule has 0 saturated carbocycles. The molecule has 3 heterocycles. The molecule has 0 bridgehead atoms. The molecule has 0 atom stereocenters. The number of nitrogens with zero attached hydrogens (tertiary/aromatic N) is 6. The molecule has 0 unspecified atom stereocenters. The molecule has 1 N–H and O–H groups in total. The summed E-state index contributed by atoms with van der Waals surface area (Å²) in [6.07, 6.45) is 5.61. The minimum atomic E-state index is 0.761. The highest BCUT2D eigenvalue weighted by molar-refractivity contribution is 5.48. The summed E-state index contributed by atoms with van der Waals surface area (Å²) >= 11 is 0. The molecule has 0 saturated heterocycles. The van der Waals surface area contributed by atoms with Crippen LogP contribution in [0.2, 0.25) is 0 Å². The van der Waals surface area contributed by atoms with E-state index in [1.54, 1.807) is 6.20 Å². The minimum absolute atomic E-state index is 0.761. The lowest BCUT2D eigenvalue weighted by atomic mass is 10.2. The lowest BCUT2D eigenvalue weighted by Gasteiger charge is -2.15. The zero-order valence-electron chi connectivity index (χ0n) is 15.5. The molecule has 0 amide bonds. The molecule has 3 aromatic rings. The summed E-state index contributed by atoms with van der Waals surface area (Å²) in [4.78, 5) is 10.9.